The van der Waals surface area contributed by atoms with Gasteiger partial charge in [-0.05, 0) is 88.1 Å². The van der Waals surface area contributed by atoms with E-state index in [1.165, 1.54) is 22.5 Å². The highest BCUT2D eigenvalue weighted by Gasteiger charge is 2.52. The summed E-state index contributed by atoms with van der Waals surface area (Å²) < 4.78 is 22.1. The summed E-state index contributed by atoms with van der Waals surface area (Å²) in [6.45, 7) is 26.6. The second-order valence-corrected chi connectivity index (χ2v) is 29.8. The smallest absolute Gasteiger partial charge is 0.342 e. The third-order valence-electron chi connectivity index (χ3n) is 13.3. The van der Waals surface area contributed by atoms with Crippen molar-refractivity contribution in [2.45, 2.75) is 168 Å². The highest BCUT2D eigenvalue weighted by atomic mass is 28.4. The zero-order valence-electron chi connectivity index (χ0n) is 43.2. The lowest BCUT2D eigenvalue weighted by Gasteiger charge is -2.46. The molecular formula is C58H82N2O6Si2. The van der Waals surface area contributed by atoms with Gasteiger partial charge in [0, 0.05) is 18.6 Å². The van der Waals surface area contributed by atoms with Crippen LogP contribution >= 0.6 is 0 Å². The summed E-state index contributed by atoms with van der Waals surface area (Å²) in [5.41, 5.74) is 2.15. The van der Waals surface area contributed by atoms with Crippen LogP contribution in [0.4, 0.5) is 0 Å². The average molecular weight is 959 g/mol. The second kappa shape index (κ2) is 26.6. The molecule has 3 aromatic carbocycles. The molecule has 0 unspecified atom stereocenters. The fourth-order valence-electron chi connectivity index (χ4n) is 9.98. The summed E-state index contributed by atoms with van der Waals surface area (Å²) in [4.78, 5) is 42.0. The zero-order valence-corrected chi connectivity index (χ0v) is 45.2. The number of allylic oxidation sites excluding steroid dienone is 8. The average Bonchev–Trinajstić information content (AvgIpc) is 3.29. The van der Waals surface area contributed by atoms with Gasteiger partial charge in [-0.15, -0.1) is 0 Å². The van der Waals surface area contributed by atoms with Crippen molar-refractivity contribution in [1.82, 2.24) is 10.6 Å². The summed E-state index contributed by atoms with van der Waals surface area (Å²) in [5, 5.41) is 8.06. The van der Waals surface area contributed by atoms with Crippen LogP contribution < -0.4 is 25.4 Å². The van der Waals surface area contributed by atoms with Crippen molar-refractivity contribution in [2.75, 3.05) is 0 Å². The Morgan fingerprint density at radius 2 is 1.28 bits per heavy atom. The molecule has 0 fully saturated rings. The minimum Gasteiger partial charge on any atom is -0.542 e. The third-order valence-corrected chi connectivity index (χ3v) is 24.4. The number of hydrogen-bond acceptors (Lipinski definition) is 6. The van der Waals surface area contributed by atoms with Crippen LogP contribution in [0.1, 0.15) is 138 Å². The van der Waals surface area contributed by atoms with Gasteiger partial charge in [0.1, 0.15) is 23.6 Å². The highest BCUT2D eigenvalue weighted by Crippen LogP contribution is 2.44. The van der Waals surface area contributed by atoms with Crippen molar-refractivity contribution in [2.24, 2.45) is 5.92 Å². The number of fused-ring (bicyclic) bond motifs is 1. The van der Waals surface area contributed by atoms with Gasteiger partial charge in [-0.3, -0.25) is 9.59 Å². The van der Waals surface area contributed by atoms with Crippen LogP contribution in [0.5, 0.6) is 5.75 Å². The van der Waals surface area contributed by atoms with Crippen LogP contribution in [0, 0.1) is 5.92 Å². The van der Waals surface area contributed by atoms with Gasteiger partial charge in [-0.1, -0.05) is 204 Å². The number of benzene rings is 3. The maximum absolute atomic E-state index is 15.3. The first-order valence-corrected chi connectivity index (χ1v) is 29.2. The van der Waals surface area contributed by atoms with E-state index >= 15 is 4.79 Å². The van der Waals surface area contributed by atoms with Crippen molar-refractivity contribution in [3.63, 3.8) is 0 Å². The zero-order chi connectivity index (χ0) is 49.9. The third kappa shape index (κ3) is 14.7. The van der Waals surface area contributed by atoms with E-state index in [1.807, 2.05) is 68.5 Å². The highest BCUT2D eigenvalue weighted by molar-refractivity contribution is 6.99. The minimum absolute atomic E-state index is 0.0234. The molecule has 1 aliphatic heterocycles. The summed E-state index contributed by atoms with van der Waals surface area (Å²) in [6, 6.07) is 27.2. The molecule has 2 N–H and O–H groups in total. The van der Waals surface area contributed by atoms with Crippen LogP contribution in [-0.2, 0) is 25.2 Å². The Bertz CT molecular complexity index is 2110. The molecule has 10 heteroatoms. The lowest BCUT2D eigenvalue weighted by molar-refractivity contribution is -0.119. The first-order chi connectivity index (χ1) is 32.4. The first-order valence-electron chi connectivity index (χ1n) is 25.1. The van der Waals surface area contributed by atoms with Crippen molar-refractivity contribution in [3.05, 3.63) is 151 Å². The van der Waals surface area contributed by atoms with Crippen LogP contribution in [0.3, 0.4) is 0 Å². The van der Waals surface area contributed by atoms with E-state index in [9.17, 15) is 9.59 Å². The number of amides is 2. The molecule has 368 valence electrons. The number of carbonyl (C=O) groups is 3. The number of hydrogen-bond donors (Lipinski definition) is 2. The molecule has 1 heterocycles. The Hall–Kier alpha value is -5.04. The van der Waals surface area contributed by atoms with Crippen molar-refractivity contribution in [3.8, 4) is 5.75 Å². The number of nitrogens with one attached hydrogen (secondary N) is 2. The number of carbonyl (C=O) groups excluding carboxylic acids is 3. The quantitative estimate of drug-likeness (QED) is 0.0292. The van der Waals surface area contributed by atoms with E-state index < -0.39 is 34.9 Å². The largest absolute Gasteiger partial charge is 0.542 e. The number of cyclic esters (lactones) is 1. The van der Waals surface area contributed by atoms with E-state index in [0.29, 0.717) is 30.6 Å². The maximum atomic E-state index is 15.3. The van der Waals surface area contributed by atoms with Crippen LogP contribution in [0.25, 0.3) is 0 Å². The molecule has 3 aromatic rings. The fraction of sp³-hybridized carbons (Fsp3) is 0.466. The van der Waals surface area contributed by atoms with Gasteiger partial charge in [0.25, 0.3) is 16.6 Å². The Labute approximate surface area is 412 Å². The van der Waals surface area contributed by atoms with Gasteiger partial charge in [0.2, 0.25) is 11.8 Å². The van der Waals surface area contributed by atoms with Crippen molar-refractivity contribution in [1.29, 1.82) is 0 Å². The predicted octanol–water partition coefficient (Wildman–Crippen LogP) is 12.6. The molecule has 1 aliphatic rings. The van der Waals surface area contributed by atoms with Gasteiger partial charge >= 0.3 is 5.97 Å². The van der Waals surface area contributed by atoms with Gasteiger partial charge in [0.05, 0.1) is 6.10 Å². The van der Waals surface area contributed by atoms with E-state index in [-0.39, 0.29) is 51.9 Å². The van der Waals surface area contributed by atoms with Gasteiger partial charge in [-0.2, -0.15) is 0 Å². The van der Waals surface area contributed by atoms with Crippen LogP contribution in [-0.4, -0.2) is 52.8 Å². The molecule has 0 spiro atoms. The minimum atomic E-state index is -3.09. The molecular weight excluding hydrogens is 877 g/mol. The first kappa shape index (κ1) is 55.6. The topological polar surface area (TPSA) is 103 Å². The molecule has 0 bridgehead atoms. The lowest BCUT2D eigenvalue weighted by Crippen LogP contribution is -2.68. The normalized spacial score (nSPS) is 18.4. The number of rotatable bonds is 20. The van der Waals surface area contributed by atoms with Gasteiger partial charge in [-0.25, -0.2) is 4.79 Å². The summed E-state index contributed by atoms with van der Waals surface area (Å²) >= 11 is 0. The molecule has 4 rings (SSSR count). The SMILES string of the molecule is CC/C=C\C=C/C(=O)NC(CC[C@H]1C[C@@H](O[Si](c2ccccc2)(c2ccccc2)C(C)(C)C)[C@@H](C)C/C=C/Cc2cccc(O[Si](C(C)C)(C(C)C)C(C)C)c2C(=O)O1)NC(=O)/C=C\C=C/CC. The summed E-state index contributed by atoms with van der Waals surface area (Å²) in [6.07, 6.45) is 20.4. The fourth-order valence-corrected chi connectivity index (χ4v) is 20.0. The molecule has 0 aromatic heterocycles. The Morgan fingerprint density at radius 1 is 0.750 bits per heavy atom. The van der Waals surface area contributed by atoms with E-state index in [2.05, 4.69) is 141 Å². The Kier molecular flexibility index (Phi) is 21.8. The molecule has 0 saturated heterocycles. The van der Waals surface area contributed by atoms with E-state index in [1.54, 1.807) is 12.2 Å². The molecule has 3 atom stereocenters. The molecule has 0 aliphatic carbocycles. The van der Waals surface area contributed by atoms with Crippen LogP contribution in [0.2, 0.25) is 21.7 Å². The maximum Gasteiger partial charge on any atom is 0.342 e. The summed E-state index contributed by atoms with van der Waals surface area (Å²) in [5.74, 6) is -0.558. The molecule has 2 amide bonds. The van der Waals surface area contributed by atoms with Gasteiger partial charge < -0.3 is 24.2 Å². The van der Waals surface area contributed by atoms with Gasteiger partial charge in [0.15, 0.2) is 0 Å². The Balaban J connectivity index is 1.90. The molecule has 8 nitrogen and oxygen atoms in total. The molecule has 0 radical (unpaired) electrons. The van der Waals surface area contributed by atoms with Crippen LogP contribution in [0.15, 0.2) is 140 Å². The lowest BCUT2D eigenvalue weighted by atomic mass is 9.93. The van der Waals surface area contributed by atoms with E-state index in [4.69, 9.17) is 13.6 Å². The van der Waals surface area contributed by atoms with Crippen molar-refractivity contribution >= 4 is 44.8 Å². The van der Waals surface area contributed by atoms with E-state index in [0.717, 1.165) is 24.8 Å². The molecule has 68 heavy (non-hydrogen) atoms. The standard InChI is InChI=1S/C58H82N2O6Si2/c1-13-15-17-25-38-54(61)59-53(60-55(62)39-26-18-16-14-2)41-40-48-42-52(66-68(58(10,11)12,49-33-21-19-22-34-49)50-35-23-20-24-36-50)46(9)30-27-28-31-47-32-29-37-51(56(47)57(63)64-48)65-67(43(3)4,44(5)6)45(7)8/h15-29,32-39,43-46,48,52-53H,13-14,30-31,40-42H2,1-12H3,(H,59,61)(H,60,62)/b17-15-,18-16-,28-27+,38-25-,39-26-/t46-,48-,52+/m0/s1. The molecule has 0 saturated carbocycles. The number of esters is 1. The predicted molar refractivity (Wildman–Crippen MR) is 288 cm³/mol. The second-order valence-electron chi connectivity index (χ2n) is 20.2. The van der Waals surface area contributed by atoms with Crippen molar-refractivity contribution < 1.29 is 28.0 Å². The number of ether oxygens (including phenoxy) is 1. The monoisotopic (exact) mass is 959 g/mol. The summed E-state index contributed by atoms with van der Waals surface area (Å²) in [7, 11) is -5.59. The Morgan fingerprint density at radius 3 is 1.76 bits per heavy atom.